The number of fused-ring (bicyclic) bond motifs is 2. The second-order valence-electron chi connectivity index (χ2n) is 7.57. The minimum atomic E-state index is 0.599. The van der Waals surface area contributed by atoms with Gasteiger partial charge in [0.05, 0.1) is 28.4 Å². The molecule has 0 amide bonds. The van der Waals surface area contributed by atoms with Crippen molar-refractivity contribution in [2.75, 3.05) is 0 Å². The minimum Gasteiger partial charge on any atom is -0.298 e. The second kappa shape index (κ2) is 9.34. The van der Waals surface area contributed by atoms with Crippen LogP contribution >= 0.6 is 0 Å². The SMILES string of the molecule is C=Nc1ccc(N=Nc2ccc(N=Nc3ccc(C=O)cc3)c3ccccc23)c2ccccc12. The number of hydrogen-bond donors (Lipinski definition) is 0. The number of aliphatic imine (C=N–C) groups is 1. The van der Waals surface area contributed by atoms with E-state index < -0.39 is 0 Å². The molecule has 0 saturated carbocycles. The minimum absolute atomic E-state index is 0.599. The summed E-state index contributed by atoms with van der Waals surface area (Å²) in [4.78, 5) is 14.9. The molecule has 5 aromatic carbocycles. The zero-order valence-electron chi connectivity index (χ0n) is 18.2. The molecule has 0 atom stereocenters. The molecule has 5 aromatic rings. The Hall–Kier alpha value is -4.84. The van der Waals surface area contributed by atoms with Crippen LogP contribution in [0.15, 0.2) is 123 Å². The van der Waals surface area contributed by atoms with E-state index in [-0.39, 0.29) is 0 Å². The van der Waals surface area contributed by atoms with Crippen molar-refractivity contribution in [3.8, 4) is 0 Å². The number of carbonyl (C=O) groups is 1. The van der Waals surface area contributed by atoms with Crippen LogP contribution in [0.5, 0.6) is 0 Å². The van der Waals surface area contributed by atoms with Crippen LogP contribution in [0.2, 0.25) is 0 Å². The fourth-order valence-electron chi connectivity index (χ4n) is 3.77. The number of carbonyl (C=O) groups excluding carboxylic acids is 1. The molecule has 34 heavy (non-hydrogen) atoms. The zero-order chi connectivity index (χ0) is 23.3. The largest absolute Gasteiger partial charge is 0.298 e. The van der Waals surface area contributed by atoms with E-state index in [4.69, 9.17) is 0 Å². The molecule has 5 rings (SSSR count). The lowest BCUT2D eigenvalue weighted by Gasteiger charge is -2.06. The highest BCUT2D eigenvalue weighted by atomic mass is 16.1. The lowest BCUT2D eigenvalue weighted by atomic mass is 10.1. The third-order valence-corrected chi connectivity index (χ3v) is 5.49. The summed E-state index contributed by atoms with van der Waals surface area (Å²) in [5, 5.41) is 21.6. The molecule has 0 radical (unpaired) electrons. The molecule has 0 bridgehead atoms. The van der Waals surface area contributed by atoms with Gasteiger partial charge in [-0.3, -0.25) is 9.79 Å². The first kappa shape index (κ1) is 21.0. The third kappa shape index (κ3) is 4.12. The Balaban J connectivity index is 1.52. The molecule has 0 fully saturated rings. The molecule has 6 heteroatoms. The van der Waals surface area contributed by atoms with Crippen LogP contribution in [-0.2, 0) is 0 Å². The van der Waals surface area contributed by atoms with Crippen molar-refractivity contribution in [1.29, 1.82) is 0 Å². The molecule has 0 aromatic heterocycles. The van der Waals surface area contributed by atoms with Gasteiger partial charge in [-0.05, 0) is 55.2 Å². The lowest BCUT2D eigenvalue weighted by Crippen LogP contribution is -1.77. The van der Waals surface area contributed by atoms with Gasteiger partial charge in [-0.25, -0.2) is 0 Å². The number of aldehydes is 1. The number of rotatable bonds is 6. The molecule has 0 aliphatic carbocycles. The van der Waals surface area contributed by atoms with Crippen LogP contribution in [0, 0.1) is 0 Å². The lowest BCUT2D eigenvalue weighted by molar-refractivity contribution is 0.112. The first-order chi connectivity index (χ1) is 16.8. The highest BCUT2D eigenvalue weighted by Gasteiger charge is 2.07. The van der Waals surface area contributed by atoms with Gasteiger partial charge in [0.15, 0.2) is 0 Å². The molecule has 0 spiro atoms. The summed E-state index contributed by atoms with van der Waals surface area (Å²) in [5.41, 5.74) is 4.30. The van der Waals surface area contributed by atoms with Gasteiger partial charge >= 0.3 is 0 Å². The van der Waals surface area contributed by atoms with Crippen molar-refractivity contribution < 1.29 is 4.79 Å². The summed E-state index contributed by atoms with van der Waals surface area (Å²) in [6, 6.07) is 30.3. The Kier molecular flexibility index (Phi) is 5.78. The fourth-order valence-corrected chi connectivity index (χ4v) is 3.77. The Morgan fingerprint density at radius 2 is 0.912 bits per heavy atom. The maximum absolute atomic E-state index is 10.8. The van der Waals surface area contributed by atoms with E-state index >= 15 is 0 Å². The van der Waals surface area contributed by atoms with Gasteiger partial charge in [-0.2, -0.15) is 5.11 Å². The van der Waals surface area contributed by atoms with E-state index in [0.717, 1.165) is 50.6 Å². The van der Waals surface area contributed by atoms with Crippen molar-refractivity contribution in [3.05, 3.63) is 103 Å². The van der Waals surface area contributed by atoms with E-state index in [2.05, 4.69) is 32.2 Å². The van der Waals surface area contributed by atoms with Crippen LogP contribution in [0.25, 0.3) is 21.5 Å². The van der Waals surface area contributed by atoms with Gasteiger partial charge in [-0.15, -0.1) is 15.3 Å². The first-order valence-corrected chi connectivity index (χ1v) is 10.7. The number of benzene rings is 5. The Labute approximate surface area is 196 Å². The van der Waals surface area contributed by atoms with Crippen molar-refractivity contribution in [3.63, 3.8) is 0 Å². The fraction of sp³-hybridized carbons (Fsp3) is 0. The van der Waals surface area contributed by atoms with Crippen LogP contribution < -0.4 is 0 Å². The summed E-state index contributed by atoms with van der Waals surface area (Å²) in [6.45, 7) is 3.65. The first-order valence-electron chi connectivity index (χ1n) is 10.7. The normalized spacial score (nSPS) is 11.5. The molecule has 0 heterocycles. The van der Waals surface area contributed by atoms with Crippen molar-refractivity contribution >= 4 is 63.0 Å². The molecule has 162 valence electrons. The molecule has 0 aliphatic heterocycles. The Morgan fingerprint density at radius 1 is 0.500 bits per heavy atom. The molecule has 0 saturated heterocycles. The van der Waals surface area contributed by atoms with Gasteiger partial charge in [-0.1, -0.05) is 48.5 Å². The average Bonchev–Trinajstić information content (AvgIpc) is 2.91. The summed E-state index contributed by atoms with van der Waals surface area (Å²) in [5.74, 6) is 0. The van der Waals surface area contributed by atoms with Crippen molar-refractivity contribution in [1.82, 2.24) is 0 Å². The van der Waals surface area contributed by atoms with Crippen LogP contribution in [0.4, 0.5) is 28.4 Å². The maximum atomic E-state index is 10.8. The molecule has 6 nitrogen and oxygen atoms in total. The third-order valence-electron chi connectivity index (χ3n) is 5.49. The predicted octanol–water partition coefficient (Wildman–Crippen LogP) is 8.97. The number of azo groups is 2. The van der Waals surface area contributed by atoms with E-state index in [1.54, 1.807) is 24.3 Å². The summed E-state index contributed by atoms with van der Waals surface area (Å²) < 4.78 is 0. The molecule has 0 unspecified atom stereocenters. The number of nitrogens with zero attached hydrogens (tertiary/aromatic N) is 5. The highest BCUT2D eigenvalue weighted by Crippen LogP contribution is 2.37. The molecular weight excluding hydrogens is 422 g/mol. The van der Waals surface area contributed by atoms with Gasteiger partial charge in [0, 0.05) is 27.1 Å². The van der Waals surface area contributed by atoms with E-state index in [1.165, 1.54) is 0 Å². The zero-order valence-corrected chi connectivity index (χ0v) is 18.2. The predicted molar refractivity (Wildman–Crippen MR) is 137 cm³/mol. The average molecular weight is 441 g/mol. The van der Waals surface area contributed by atoms with Crippen LogP contribution in [0.1, 0.15) is 10.4 Å². The van der Waals surface area contributed by atoms with E-state index in [0.29, 0.717) is 11.3 Å². The van der Waals surface area contributed by atoms with Gasteiger partial charge < -0.3 is 0 Å². The van der Waals surface area contributed by atoms with Crippen LogP contribution in [-0.4, -0.2) is 13.0 Å². The quantitative estimate of drug-likeness (QED) is 0.147. The topological polar surface area (TPSA) is 78.9 Å². The van der Waals surface area contributed by atoms with Gasteiger partial charge in [0.1, 0.15) is 6.29 Å². The van der Waals surface area contributed by atoms with Gasteiger partial charge in [0.25, 0.3) is 0 Å². The van der Waals surface area contributed by atoms with E-state index in [9.17, 15) is 4.79 Å². The molecule has 0 aliphatic rings. The smallest absolute Gasteiger partial charge is 0.150 e. The molecule has 0 N–H and O–H groups in total. The summed E-state index contributed by atoms with van der Waals surface area (Å²) in [7, 11) is 0. The molecular formula is C28H19N5O. The Morgan fingerprint density at radius 3 is 1.35 bits per heavy atom. The van der Waals surface area contributed by atoms with Gasteiger partial charge in [0.2, 0.25) is 0 Å². The summed E-state index contributed by atoms with van der Waals surface area (Å²) >= 11 is 0. The monoisotopic (exact) mass is 441 g/mol. The second-order valence-corrected chi connectivity index (χ2v) is 7.57. The number of hydrogen-bond acceptors (Lipinski definition) is 6. The van der Waals surface area contributed by atoms with Crippen molar-refractivity contribution in [2.45, 2.75) is 0 Å². The summed E-state index contributed by atoms with van der Waals surface area (Å²) in [6.07, 6.45) is 0.801. The standard InChI is InChI=1S/C28H19N5O/c1-29-25-14-15-27(22-7-3-2-6-21(22)25)32-33-28-17-16-26(23-8-4-5-9-24(23)28)31-30-20-12-10-19(18-34)11-13-20/h2-18H,1H2. The van der Waals surface area contributed by atoms with Crippen molar-refractivity contribution in [2.24, 2.45) is 25.4 Å². The Bertz CT molecular complexity index is 1590. The highest BCUT2D eigenvalue weighted by molar-refractivity contribution is 6.01. The van der Waals surface area contributed by atoms with Crippen LogP contribution in [0.3, 0.4) is 0 Å². The maximum Gasteiger partial charge on any atom is 0.150 e. The van der Waals surface area contributed by atoms with E-state index in [1.807, 2.05) is 72.8 Å².